The summed E-state index contributed by atoms with van der Waals surface area (Å²) < 4.78 is 0. The third-order valence-corrected chi connectivity index (χ3v) is 10.5. The van der Waals surface area contributed by atoms with E-state index in [0.29, 0.717) is 37.1 Å². The highest BCUT2D eigenvalue weighted by atomic mass is 16.6. The highest BCUT2D eigenvalue weighted by Crippen LogP contribution is 2.69. The molecule has 0 bridgehead atoms. The third-order valence-electron chi connectivity index (χ3n) is 10.5. The van der Waals surface area contributed by atoms with Gasteiger partial charge in [-0.3, -0.25) is 0 Å². The molecule has 0 heterocycles. The van der Waals surface area contributed by atoms with Crippen LogP contribution in [0.3, 0.4) is 0 Å². The van der Waals surface area contributed by atoms with Gasteiger partial charge in [0, 0.05) is 36.6 Å². The first kappa shape index (κ1) is 30.5. The average Bonchev–Trinajstić information content (AvgIpc) is 3.15. The van der Waals surface area contributed by atoms with Gasteiger partial charge in [0.15, 0.2) is 0 Å². The summed E-state index contributed by atoms with van der Waals surface area (Å²) in [6.07, 6.45) is 6.08. The van der Waals surface area contributed by atoms with Gasteiger partial charge in [-0.1, -0.05) is 32.9 Å². The van der Waals surface area contributed by atoms with Crippen LogP contribution in [0.1, 0.15) is 66.2 Å². The summed E-state index contributed by atoms with van der Waals surface area (Å²) in [5.74, 6) is -1.67. The molecule has 9 atom stereocenters. The van der Waals surface area contributed by atoms with Crippen LogP contribution >= 0.6 is 0 Å². The summed E-state index contributed by atoms with van der Waals surface area (Å²) in [4.78, 5) is 24.6. The van der Waals surface area contributed by atoms with Crippen molar-refractivity contribution in [2.75, 3.05) is 19.8 Å². The SMILES string of the molecule is CC1(C)/C(=N/OCCN)CC[C@@]2(C)C1[C@@H](CO)[C@@H](O)[C@H]1[C@@H]3CC[C@H](O)[C@@]3(C)CC[C@@H]12.O=C(O)/C=C/C(=O)O. The van der Waals surface area contributed by atoms with Crippen molar-refractivity contribution >= 4 is 17.7 Å². The van der Waals surface area contributed by atoms with E-state index in [1.807, 2.05) is 0 Å². The standard InChI is InChI=1S/C24H42N2O4.C4H4O4/c1-22(2)17(26-30-12-11-25)8-10-24(4)16-7-9-23(3)15(5-6-18(23)28)19(16)20(29)14(13-27)21(22)24;5-3(6)1-2-4(7)8/h14-16,18-21,27-29H,5-13,25H2,1-4H3;1-2H,(H,5,6)(H,7,8)/b26-17+;2-1+/t14-,15-,16-,18-,19-,20+,21?,23-,24+;/m0./s1. The van der Waals surface area contributed by atoms with Crippen molar-refractivity contribution in [2.45, 2.75) is 78.4 Å². The largest absolute Gasteiger partial charge is 0.478 e. The highest BCUT2D eigenvalue weighted by Gasteiger charge is 2.67. The van der Waals surface area contributed by atoms with E-state index in [-0.39, 0.29) is 46.7 Å². The topological polar surface area (TPSA) is 183 Å². The number of aliphatic carboxylic acids is 2. The number of aliphatic hydroxyl groups excluding tert-OH is 3. The van der Waals surface area contributed by atoms with Gasteiger partial charge >= 0.3 is 11.9 Å². The normalized spacial score (nSPS) is 42.4. The predicted molar refractivity (Wildman–Crippen MR) is 141 cm³/mol. The van der Waals surface area contributed by atoms with Crippen molar-refractivity contribution in [3.63, 3.8) is 0 Å². The van der Waals surface area contributed by atoms with Gasteiger partial charge in [-0.2, -0.15) is 0 Å². The van der Waals surface area contributed by atoms with Gasteiger partial charge in [0.1, 0.15) is 6.61 Å². The van der Waals surface area contributed by atoms with E-state index in [1.54, 1.807) is 0 Å². The van der Waals surface area contributed by atoms with Gasteiger partial charge in [0.25, 0.3) is 0 Å². The second-order valence-corrected chi connectivity index (χ2v) is 12.6. The van der Waals surface area contributed by atoms with Crippen LogP contribution in [0.25, 0.3) is 0 Å². The molecular weight excluding hydrogens is 492 g/mol. The van der Waals surface area contributed by atoms with Crippen LogP contribution in [-0.2, 0) is 14.4 Å². The molecule has 4 aliphatic rings. The Morgan fingerprint density at radius 2 is 1.61 bits per heavy atom. The summed E-state index contributed by atoms with van der Waals surface area (Å²) in [5.41, 5.74) is 6.25. The number of hydrogen-bond acceptors (Lipinski definition) is 8. The van der Waals surface area contributed by atoms with E-state index in [1.165, 1.54) is 0 Å². The average molecular weight is 539 g/mol. The lowest BCUT2D eigenvalue weighted by Crippen LogP contribution is -2.66. The minimum Gasteiger partial charge on any atom is -0.478 e. The molecule has 1 unspecified atom stereocenters. The number of oxime groups is 1. The first-order valence-corrected chi connectivity index (χ1v) is 13.8. The molecule has 38 heavy (non-hydrogen) atoms. The molecule has 0 aromatic rings. The van der Waals surface area contributed by atoms with Crippen LogP contribution in [-0.4, -0.2) is 75.1 Å². The minimum atomic E-state index is -1.26. The lowest BCUT2D eigenvalue weighted by atomic mass is 9.38. The maximum absolute atomic E-state index is 11.7. The Labute approximate surface area is 224 Å². The third kappa shape index (κ3) is 5.37. The molecule has 4 aliphatic carbocycles. The summed E-state index contributed by atoms with van der Waals surface area (Å²) in [7, 11) is 0. The molecule has 0 aromatic heterocycles. The zero-order valence-electron chi connectivity index (χ0n) is 23.0. The van der Waals surface area contributed by atoms with Crippen molar-refractivity contribution in [2.24, 2.45) is 56.7 Å². The van der Waals surface area contributed by atoms with Crippen molar-refractivity contribution in [3.8, 4) is 0 Å². The Morgan fingerprint density at radius 3 is 2.16 bits per heavy atom. The molecule has 0 radical (unpaired) electrons. The molecule has 0 aliphatic heterocycles. The van der Waals surface area contributed by atoms with Gasteiger partial charge in [-0.25, -0.2) is 9.59 Å². The van der Waals surface area contributed by atoms with Crippen LogP contribution in [0.4, 0.5) is 0 Å². The van der Waals surface area contributed by atoms with E-state index in [9.17, 15) is 24.9 Å². The number of nitrogens with two attached hydrogens (primary N) is 1. The Hall–Kier alpha value is -2.01. The molecule has 0 amide bonds. The van der Waals surface area contributed by atoms with Gasteiger partial charge in [0.05, 0.1) is 17.9 Å². The Morgan fingerprint density at radius 1 is 1.00 bits per heavy atom. The maximum atomic E-state index is 11.7. The van der Waals surface area contributed by atoms with E-state index in [2.05, 4.69) is 32.9 Å². The fourth-order valence-corrected chi connectivity index (χ4v) is 8.90. The summed E-state index contributed by atoms with van der Waals surface area (Å²) in [6, 6.07) is 0. The van der Waals surface area contributed by atoms with Crippen LogP contribution < -0.4 is 5.73 Å². The number of aliphatic hydroxyl groups is 3. The molecule has 0 aromatic carbocycles. The van der Waals surface area contributed by atoms with Crippen LogP contribution in [0, 0.1) is 45.8 Å². The maximum Gasteiger partial charge on any atom is 0.328 e. The Bertz CT molecular complexity index is 920. The fraction of sp³-hybridized carbons (Fsp3) is 0.821. The zero-order chi connectivity index (χ0) is 28.5. The Kier molecular flexibility index (Phi) is 9.33. The van der Waals surface area contributed by atoms with Gasteiger partial charge < -0.3 is 36.1 Å². The second kappa shape index (κ2) is 11.6. The minimum absolute atomic E-state index is 0.0169. The van der Waals surface area contributed by atoms with Crippen LogP contribution in [0.15, 0.2) is 17.3 Å². The lowest BCUT2D eigenvalue weighted by Gasteiger charge is -2.67. The first-order valence-electron chi connectivity index (χ1n) is 13.8. The number of nitrogens with zero attached hydrogens (tertiary/aromatic N) is 1. The molecule has 216 valence electrons. The van der Waals surface area contributed by atoms with E-state index in [4.69, 9.17) is 20.8 Å². The number of carboxylic acid groups (broad SMARTS) is 2. The predicted octanol–water partition coefficient (Wildman–Crippen LogP) is 2.26. The monoisotopic (exact) mass is 538 g/mol. The number of rotatable bonds is 6. The van der Waals surface area contributed by atoms with Crippen LogP contribution in [0.5, 0.6) is 0 Å². The molecule has 0 saturated heterocycles. The van der Waals surface area contributed by atoms with E-state index < -0.39 is 18.0 Å². The lowest BCUT2D eigenvalue weighted by molar-refractivity contribution is -0.213. The van der Waals surface area contributed by atoms with Gasteiger partial charge in [0.2, 0.25) is 0 Å². The molecule has 4 fully saturated rings. The number of fused-ring (bicyclic) bond motifs is 5. The molecule has 10 heteroatoms. The van der Waals surface area contributed by atoms with Crippen molar-refractivity contribution in [1.29, 1.82) is 0 Å². The zero-order valence-corrected chi connectivity index (χ0v) is 23.0. The number of carboxylic acids is 2. The van der Waals surface area contributed by atoms with Crippen molar-refractivity contribution in [1.82, 2.24) is 0 Å². The van der Waals surface area contributed by atoms with E-state index in [0.717, 1.165) is 44.2 Å². The second-order valence-electron chi connectivity index (χ2n) is 12.6. The molecule has 4 rings (SSSR count). The van der Waals surface area contributed by atoms with Crippen molar-refractivity contribution < 1.29 is 40.0 Å². The number of carbonyl (C=O) groups is 2. The summed E-state index contributed by atoms with van der Waals surface area (Å²) in [6.45, 7) is 9.87. The van der Waals surface area contributed by atoms with Crippen LogP contribution in [0.2, 0.25) is 0 Å². The van der Waals surface area contributed by atoms with Crippen molar-refractivity contribution in [3.05, 3.63) is 12.2 Å². The number of hydrogen-bond donors (Lipinski definition) is 6. The fourth-order valence-electron chi connectivity index (χ4n) is 8.90. The highest BCUT2D eigenvalue weighted by molar-refractivity contribution is 5.90. The quantitative estimate of drug-likeness (QED) is 0.168. The summed E-state index contributed by atoms with van der Waals surface area (Å²) >= 11 is 0. The molecular formula is C28H46N2O8. The molecule has 10 nitrogen and oxygen atoms in total. The smallest absolute Gasteiger partial charge is 0.328 e. The first-order chi connectivity index (χ1) is 17.8. The van der Waals surface area contributed by atoms with Gasteiger partial charge in [-0.05, 0) is 73.0 Å². The summed E-state index contributed by atoms with van der Waals surface area (Å²) in [5, 5.41) is 53.0. The molecule has 0 spiro atoms. The van der Waals surface area contributed by atoms with E-state index >= 15 is 0 Å². The Balaban J connectivity index is 0.000000436. The van der Waals surface area contributed by atoms with Gasteiger partial charge in [-0.15, -0.1) is 0 Å². The molecule has 7 N–H and O–H groups in total. The molecule has 4 saturated carbocycles.